The molecule has 96 valence electrons. The fourth-order valence-electron chi connectivity index (χ4n) is 1.77. The summed E-state index contributed by atoms with van der Waals surface area (Å²) in [5, 5.41) is 13.3. The minimum Gasteiger partial charge on any atom is -0.392 e. The Hall–Kier alpha value is -0.970. The van der Waals surface area contributed by atoms with Crippen molar-refractivity contribution in [1.29, 1.82) is 0 Å². The molecule has 0 saturated carbocycles. The van der Waals surface area contributed by atoms with Gasteiger partial charge < -0.3 is 5.11 Å². The van der Waals surface area contributed by atoms with E-state index in [4.69, 9.17) is 11.6 Å². The van der Waals surface area contributed by atoms with E-state index in [1.165, 1.54) is 18.2 Å². The first kappa shape index (κ1) is 13.5. The normalized spacial score (nSPS) is 12.7. The largest absolute Gasteiger partial charge is 0.392 e. The molecule has 2 nitrogen and oxygen atoms in total. The van der Waals surface area contributed by atoms with E-state index in [1.54, 1.807) is 11.3 Å². The fraction of sp³-hybridized carbons (Fsp3) is 0.308. The van der Waals surface area contributed by atoms with Crippen molar-refractivity contribution in [2.24, 2.45) is 0 Å². The first-order chi connectivity index (χ1) is 8.54. The van der Waals surface area contributed by atoms with Crippen molar-refractivity contribution in [3.63, 3.8) is 0 Å². The molecular formula is C13H13ClFNOS. The van der Waals surface area contributed by atoms with E-state index in [-0.39, 0.29) is 5.82 Å². The molecule has 2 rings (SSSR count). The Morgan fingerprint density at radius 3 is 2.89 bits per heavy atom. The van der Waals surface area contributed by atoms with Crippen LogP contribution in [0.3, 0.4) is 0 Å². The molecule has 2 aromatic rings. The minimum absolute atomic E-state index is 0.327. The van der Waals surface area contributed by atoms with Gasteiger partial charge in [0.05, 0.1) is 16.8 Å². The number of benzene rings is 1. The summed E-state index contributed by atoms with van der Waals surface area (Å²) in [6.07, 6.45) is 0.176. The summed E-state index contributed by atoms with van der Waals surface area (Å²) in [4.78, 5) is 4.28. The fourth-order valence-corrected chi connectivity index (χ4v) is 2.59. The van der Waals surface area contributed by atoms with Gasteiger partial charge in [0.25, 0.3) is 0 Å². The molecule has 0 fully saturated rings. The summed E-state index contributed by atoms with van der Waals surface area (Å²) in [5.74, 6) is -0.342. The van der Waals surface area contributed by atoms with Crippen LogP contribution in [0, 0.1) is 12.7 Å². The van der Waals surface area contributed by atoms with Crippen LogP contribution in [0.2, 0.25) is 5.02 Å². The number of hydrogen-bond donors (Lipinski definition) is 1. The number of thiazole rings is 1. The van der Waals surface area contributed by atoms with E-state index < -0.39 is 6.10 Å². The predicted molar refractivity (Wildman–Crippen MR) is 71.7 cm³/mol. The molecule has 1 unspecified atom stereocenters. The second-order valence-electron chi connectivity index (χ2n) is 4.16. The average molecular weight is 286 g/mol. The number of aliphatic hydroxyl groups is 1. The van der Waals surface area contributed by atoms with Crippen LogP contribution in [0.15, 0.2) is 23.6 Å². The molecule has 1 atom stereocenters. The van der Waals surface area contributed by atoms with Crippen LogP contribution in [-0.4, -0.2) is 16.2 Å². The second kappa shape index (κ2) is 5.78. The van der Waals surface area contributed by atoms with Gasteiger partial charge >= 0.3 is 0 Å². The third-order valence-electron chi connectivity index (χ3n) is 2.57. The van der Waals surface area contributed by atoms with Gasteiger partial charge in [-0.1, -0.05) is 11.6 Å². The molecule has 1 N–H and O–H groups in total. The molecule has 5 heteroatoms. The molecular weight excluding hydrogens is 273 g/mol. The Morgan fingerprint density at radius 2 is 2.22 bits per heavy atom. The molecule has 0 aliphatic carbocycles. The number of hydrogen-bond acceptors (Lipinski definition) is 3. The van der Waals surface area contributed by atoms with Crippen molar-refractivity contribution in [3.8, 4) is 0 Å². The summed E-state index contributed by atoms with van der Waals surface area (Å²) < 4.78 is 13.1. The number of aromatic nitrogens is 1. The van der Waals surface area contributed by atoms with Crippen molar-refractivity contribution in [3.05, 3.63) is 50.7 Å². The zero-order valence-corrected chi connectivity index (χ0v) is 11.4. The first-order valence-electron chi connectivity index (χ1n) is 5.57. The highest BCUT2D eigenvalue weighted by atomic mass is 35.5. The number of aryl methyl sites for hydroxylation is 1. The van der Waals surface area contributed by atoms with E-state index in [9.17, 15) is 9.50 Å². The number of aliphatic hydroxyl groups excluding tert-OH is 1. The van der Waals surface area contributed by atoms with Gasteiger partial charge in [0.2, 0.25) is 0 Å². The minimum atomic E-state index is -0.606. The SMILES string of the molecule is Cc1nc(CC(O)Cc2cc(F)ccc2Cl)cs1. The summed E-state index contributed by atoms with van der Waals surface area (Å²) in [7, 11) is 0. The van der Waals surface area contributed by atoms with Gasteiger partial charge in [0, 0.05) is 23.2 Å². The van der Waals surface area contributed by atoms with Crippen LogP contribution in [0.1, 0.15) is 16.3 Å². The van der Waals surface area contributed by atoms with Gasteiger partial charge in [-0.3, -0.25) is 0 Å². The Kier molecular flexibility index (Phi) is 4.32. The van der Waals surface area contributed by atoms with Crippen LogP contribution in [-0.2, 0) is 12.8 Å². The van der Waals surface area contributed by atoms with Gasteiger partial charge in [0.15, 0.2) is 0 Å². The van der Waals surface area contributed by atoms with Gasteiger partial charge in [-0.25, -0.2) is 9.37 Å². The summed E-state index contributed by atoms with van der Waals surface area (Å²) in [6.45, 7) is 1.92. The van der Waals surface area contributed by atoms with E-state index in [0.29, 0.717) is 23.4 Å². The highest BCUT2D eigenvalue weighted by Crippen LogP contribution is 2.20. The smallest absolute Gasteiger partial charge is 0.123 e. The zero-order valence-electron chi connectivity index (χ0n) is 9.86. The van der Waals surface area contributed by atoms with E-state index in [2.05, 4.69) is 4.98 Å². The lowest BCUT2D eigenvalue weighted by Gasteiger charge is -2.10. The number of nitrogens with zero attached hydrogens (tertiary/aromatic N) is 1. The van der Waals surface area contributed by atoms with Crippen LogP contribution < -0.4 is 0 Å². The topological polar surface area (TPSA) is 33.1 Å². The second-order valence-corrected chi connectivity index (χ2v) is 5.63. The van der Waals surface area contributed by atoms with Crippen molar-refractivity contribution in [2.75, 3.05) is 0 Å². The van der Waals surface area contributed by atoms with Crippen LogP contribution in [0.25, 0.3) is 0 Å². The van der Waals surface area contributed by atoms with E-state index >= 15 is 0 Å². The monoisotopic (exact) mass is 285 g/mol. The summed E-state index contributed by atoms with van der Waals surface area (Å²) >= 11 is 7.51. The molecule has 18 heavy (non-hydrogen) atoms. The van der Waals surface area contributed by atoms with Crippen LogP contribution in [0.4, 0.5) is 4.39 Å². The summed E-state index contributed by atoms with van der Waals surface area (Å²) in [5.41, 5.74) is 1.48. The summed E-state index contributed by atoms with van der Waals surface area (Å²) in [6, 6.07) is 4.17. The number of rotatable bonds is 4. The van der Waals surface area contributed by atoms with E-state index in [0.717, 1.165) is 10.7 Å². The van der Waals surface area contributed by atoms with Gasteiger partial charge in [-0.2, -0.15) is 0 Å². The third kappa shape index (κ3) is 3.51. The Balaban J connectivity index is 2.02. The highest BCUT2D eigenvalue weighted by Gasteiger charge is 2.12. The molecule has 0 bridgehead atoms. The molecule has 1 aromatic carbocycles. The molecule has 0 aliphatic rings. The van der Waals surface area contributed by atoms with Gasteiger partial charge in [-0.05, 0) is 30.7 Å². The molecule has 0 spiro atoms. The van der Waals surface area contributed by atoms with Gasteiger partial charge in [0.1, 0.15) is 5.82 Å². The molecule has 0 radical (unpaired) electrons. The van der Waals surface area contributed by atoms with Crippen molar-refractivity contribution in [1.82, 2.24) is 4.98 Å². The van der Waals surface area contributed by atoms with Crippen molar-refractivity contribution >= 4 is 22.9 Å². The third-order valence-corrected chi connectivity index (χ3v) is 3.77. The van der Waals surface area contributed by atoms with Crippen molar-refractivity contribution in [2.45, 2.75) is 25.9 Å². The lowest BCUT2D eigenvalue weighted by Crippen LogP contribution is -2.14. The number of halogens is 2. The Bertz CT molecular complexity index is 544. The predicted octanol–water partition coefficient (Wildman–Crippen LogP) is 3.39. The standard InChI is InChI=1S/C13H13ClFNOS/c1-8-16-11(7-18-8)6-12(17)5-9-4-10(15)2-3-13(9)14/h2-4,7,12,17H,5-6H2,1H3. The molecule has 0 aliphatic heterocycles. The quantitative estimate of drug-likeness (QED) is 0.934. The Morgan fingerprint density at radius 1 is 1.44 bits per heavy atom. The molecule has 0 amide bonds. The maximum absolute atomic E-state index is 13.1. The lowest BCUT2D eigenvalue weighted by molar-refractivity contribution is 0.174. The molecule has 0 saturated heterocycles. The van der Waals surface area contributed by atoms with Crippen LogP contribution >= 0.6 is 22.9 Å². The first-order valence-corrected chi connectivity index (χ1v) is 6.83. The molecule has 1 aromatic heterocycles. The maximum Gasteiger partial charge on any atom is 0.123 e. The van der Waals surface area contributed by atoms with Crippen LogP contribution in [0.5, 0.6) is 0 Å². The highest BCUT2D eigenvalue weighted by molar-refractivity contribution is 7.09. The lowest BCUT2D eigenvalue weighted by atomic mass is 10.0. The molecule has 1 heterocycles. The van der Waals surface area contributed by atoms with Gasteiger partial charge in [-0.15, -0.1) is 11.3 Å². The maximum atomic E-state index is 13.1. The van der Waals surface area contributed by atoms with Crippen molar-refractivity contribution < 1.29 is 9.50 Å². The van der Waals surface area contributed by atoms with E-state index in [1.807, 2.05) is 12.3 Å². The Labute approximate surface area is 114 Å². The average Bonchev–Trinajstić information content (AvgIpc) is 2.69. The zero-order chi connectivity index (χ0) is 13.1.